The molecule has 6 rings (SSSR count). The summed E-state index contributed by atoms with van der Waals surface area (Å²) in [5.74, 6) is 0.594. The molecule has 206 valence electrons. The number of aromatic nitrogens is 5. The molecule has 3 N–H and O–H groups in total. The second kappa shape index (κ2) is 10.6. The highest BCUT2D eigenvalue weighted by Gasteiger charge is 2.23. The SMILES string of the molecule is CCc1cc(-c2ccc3c(NS(=O)(=O)c4ccccc4Cl)ncnn23)cc2cnc(N[C@@H]3CNC[C@@H](F)C3)nc12. The summed E-state index contributed by atoms with van der Waals surface area (Å²) >= 11 is 6.13. The predicted molar refractivity (Wildman–Crippen MR) is 153 cm³/mol. The van der Waals surface area contributed by atoms with Crippen LogP contribution in [0.25, 0.3) is 27.7 Å². The Bertz CT molecular complexity index is 1830. The first-order chi connectivity index (χ1) is 19.3. The molecule has 0 amide bonds. The van der Waals surface area contributed by atoms with E-state index in [0.29, 0.717) is 31.0 Å². The smallest absolute Gasteiger partial charge is 0.264 e. The Morgan fingerprint density at radius 2 is 2.00 bits per heavy atom. The molecule has 0 spiro atoms. The van der Waals surface area contributed by atoms with Crippen LogP contribution >= 0.6 is 11.6 Å². The Kier molecular flexibility index (Phi) is 6.99. The van der Waals surface area contributed by atoms with Gasteiger partial charge in [-0.1, -0.05) is 30.7 Å². The highest BCUT2D eigenvalue weighted by Crippen LogP contribution is 2.31. The maximum atomic E-state index is 13.8. The zero-order valence-electron chi connectivity index (χ0n) is 21.5. The molecule has 5 aromatic rings. The minimum atomic E-state index is -3.98. The zero-order chi connectivity index (χ0) is 27.9. The van der Waals surface area contributed by atoms with E-state index in [0.717, 1.165) is 34.1 Å². The summed E-state index contributed by atoms with van der Waals surface area (Å²) in [6.07, 6.45) is 3.29. The van der Waals surface area contributed by atoms with E-state index in [2.05, 4.69) is 30.4 Å². The summed E-state index contributed by atoms with van der Waals surface area (Å²) in [6, 6.07) is 13.8. The molecular formula is C27H26ClFN8O2S. The number of halogens is 2. The Morgan fingerprint density at radius 3 is 2.80 bits per heavy atom. The maximum absolute atomic E-state index is 13.8. The number of piperidine rings is 1. The van der Waals surface area contributed by atoms with Crippen LogP contribution in [0.4, 0.5) is 16.2 Å². The van der Waals surface area contributed by atoms with E-state index in [-0.39, 0.29) is 21.8 Å². The number of nitrogens with one attached hydrogen (secondary N) is 3. The van der Waals surface area contributed by atoms with Gasteiger partial charge in [0.05, 0.1) is 16.2 Å². The molecule has 0 unspecified atom stereocenters. The number of nitrogens with zero attached hydrogens (tertiary/aromatic N) is 5. The second-order valence-corrected chi connectivity index (χ2v) is 11.7. The highest BCUT2D eigenvalue weighted by atomic mass is 35.5. The van der Waals surface area contributed by atoms with Crippen molar-refractivity contribution in [3.8, 4) is 11.3 Å². The van der Waals surface area contributed by atoms with Crippen LogP contribution in [0.15, 0.2) is 66.0 Å². The Hall–Kier alpha value is -3.87. The van der Waals surface area contributed by atoms with Gasteiger partial charge in [-0.05, 0) is 48.4 Å². The zero-order valence-corrected chi connectivity index (χ0v) is 23.0. The largest absolute Gasteiger partial charge is 0.350 e. The van der Waals surface area contributed by atoms with Gasteiger partial charge < -0.3 is 10.6 Å². The molecule has 0 bridgehead atoms. The number of alkyl halides is 1. The van der Waals surface area contributed by atoms with Gasteiger partial charge in [-0.15, -0.1) is 0 Å². The van der Waals surface area contributed by atoms with Gasteiger partial charge in [0.25, 0.3) is 10.0 Å². The van der Waals surface area contributed by atoms with E-state index < -0.39 is 16.2 Å². The molecule has 1 fully saturated rings. The monoisotopic (exact) mass is 580 g/mol. The molecule has 3 aromatic heterocycles. The summed E-state index contributed by atoms with van der Waals surface area (Å²) < 4.78 is 44.1. The van der Waals surface area contributed by atoms with Crippen LogP contribution < -0.4 is 15.4 Å². The van der Waals surface area contributed by atoms with Crippen LogP contribution in [-0.2, 0) is 16.4 Å². The third-order valence-electron chi connectivity index (χ3n) is 6.88. The third-order valence-corrected chi connectivity index (χ3v) is 8.72. The number of aryl methyl sites for hydroxylation is 1. The molecule has 1 saturated heterocycles. The van der Waals surface area contributed by atoms with Crippen LogP contribution in [0.5, 0.6) is 0 Å². The van der Waals surface area contributed by atoms with Crippen molar-refractivity contribution in [2.75, 3.05) is 23.1 Å². The minimum absolute atomic E-state index is 0.0413. The quantitative estimate of drug-likeness (QED) is 0.257. The number of anilines is 2. The molecule has 40 heavy (non-hydrogen) atoms. The van der Waals surface area contributed by atoms with Gasteiger partial charge in [0.2, 0.25) is 5.95 Å². The summed E-state index contributed by atoms with van der Waals surface area (Å²) in [5, 5.41) is 11.7. The first kappa shape index (κ1) is 26.4. The number of sulfonamides is 1. The summed E-state index contributed by atoms with van der Waals surface area (Å²) in [6.45, 7) is 3.07. The van der Waals surface area contributed by atoms with Gasteiger partial charge in [0.1, 0.15) is 22.9 Å². The lowest BCUT2D eigenvalue weighted by Crippen LogP contribution is -2.44. The van der Waals surface area contributed by atoms with Crippen molar-refractivity contribution in [2.45, 2.75) is 36.9 Å². The molecule has 2 aromatic carbocycles. The average Bonchev–Trinajstić information content (AvgIpc) is 3.38. The number of fused-ring (bicyclic) bond motifs is 2. The molecule has 0 radical (unpaired) electrons. The Morgan fingerprint density at radius 1 is 1.15 bits per heavy atom. The lowest BCUT2D eigenvalue weighted by Gasteiger charge is -2.26. The van der Waals surface area contributed by atoms with Crippen molar-refractivity contribution in [1.82, 2.24) is 29.9 Å². The highest BCUT2D eigenvalue weighted by molar-refractivity contribution is 7.92. The predicted octanol–water partition coefficient (Wildman–Crippen LogP) is 4.47. The fourth-order valence-electron chi connectivity index (χ4n) is 4.96. The molecule has 13 heteroatoms. The van der Waals surface area contributed by atoms with Crippen LogP contribution in [0, 0.1) is 0 Å². The van der Waals surface area contributed by atoms with Crippen molar-refractivity contribution in [1.29, 1.82) is 0 Å². The van der Waals surface area contributed by atoms with Crippen molar-refractivity contribution >= 4 is 49.8 Å². The molecule has 2 atom stereocenters. The van der Waals surface area contributed by atoms with Gasteiger partial charge in [-0.25, -0.2) is 32.3 Å². The maximum Gasteiger partial charge on any atom is 0.264 e. The molecule has 0 aliphatic carbocycles. The summed E-state index contributed by atoms with van der Waals surface area (Å²) in [5.41, 5.74) is 3.91. The minimum Gasteiger partial charge on any atom is -0.350 e. The van der Waals surface area contributed by atoms with E-state index in [4.69, 9.17) is 16.6 Å². The molecule has 10 nitrogen and oxygen atoms in total. The van der Waals surface area contributed by atoms with Gasteiger partial charge in [0, 0.05) is 42.7 Å². The molecule has 4 heterocycles. The van der Waals surface area contributed by atoms with Crippen LogP contribution in [-0.4, -0.2) is 58.3 Å². The second-order valence-electron chi connectivity index (χ2n) is 9.61. The van der Waals surface area contributed by atoms with Crippen molar-refractivity contribution in [2.24, 2.45) is 0 Å². The first-order valence-electron chi connectivity index (χ1n) is 12.8. The summed E-state index contributed by atoms with van der Waals surface area (Å²) in [4.78, 5) is 13.4. The molecule has 1 aliphatic rings. The van der Waals surface area contributed by atoms with E-state index in [1.807, 2.05) is 25.1 Å². The third kappa shape index (κ3) is 5.05. The van der Waals surface area contributed by atoms with Gasteiger partial charge >= 0.3 is 0 Å². The number of hydrogen-bond acceptors (Lipinski definition) is 8. The van der Waals surface area contributed by atoms with Crippen LogP contribution in [0.2, 0.25) is 5.02 Å². The van der Waals surface area contributed by atoms with Gasteiger partial charge in [0.15, 0.2) is 5.82 Å². The number of rotatable bonds is 7. The number of benzene rings is 2. The molecule has 0 saturated carbocycles. The van der Waals surface area contributed by atoms with Gasteiger partial charge in [-0.2, -0.15) is 5.10 Å². The van der Waals surface area contributed by atoms with Crippen molar-refractivity contribution in [3.05, 3.63) is 71.6 Å². The Balaban J connectivity index is 1.34. The van der Waals surface area contributed by atoms with E-state index in [1.165, 1.54) is 18.5 Å². The van der Waals surface area contributed by atoms with Crippen molar-refractivity contribution < 1.29 is 12.8 Å². The molecular weight excluding hydrogens is 555 g/mol. The van der Waals surface area contributed by atoms with Gasteiger partial charge in [-0.3, -0.25) is 4.72 Å². The van der Waals surface area contributed by atoms with E-state index in [9.17, 15) is 12.8 Å². The van der Waals surface area contributed by atoms with E-state index in [1.54, 1.807) is 28.9 Å². The van der Waals surface area contributed by atoms with Crippen LogP contribution in [0.3, 0.4) is 0 Å². The Labute approximate surface area is 235 Å². The first-order valence-corrected chi connectivity index (χ1v) is 14.7. The fraction of sp³-hybridized carbons (Fsp3) is 0.259. The van der Waals surface area contributed by atoms with E-state index >= 15 is 0 Å². The average molecular weight is 581 g/mol. The number of hydrogen-bond donors (Lipinski definition) is 3. The standard InChI is InChI=1S/C27H26ClFN8O2S/c1-2-16-9-17(10-18-12-31-27(35-25(16)18)34-20-11-19(29)13-30-14-20)22-7-8-23-26(32-15-33-37(22)23)36-40(38,39)24-6-4-3-5-21(24)28/h3-10,12,15,19-20,30H,2,11,13-14H2,1H3,(H,31,34,35)(H,32,33,36)/t19-,20-/m0/s1. The molecule has 1 aliphatic heterocycles. The topological polar surface area (TPSA) is 126 Å². The summed E-state index contributed by atoms with van der Waals surface area (Å²) in [7, 11) is -3.98. The van der Waals surface area contributed by atoms with Crippen LogP contribution in [0.1, 0.15) is 18.9 Å². The lowest BCUT2D eigenvalue weighted by molar-refractivity contribution is 0.254. The normalized spacial score (nSPS) is 17.8. The fourth-order valence-corrected chi connectivity index (χ4v) is 6.51. The lowest BCUT2D eigenvalue weighted by atomic mass is 10.0. The van der Waals surface area contributed by atoms with Crippen molar-refractivity contribution in [3.63, 3.8) is 0 Å².